The molecular formula is C29H25FN8O. The Morgan fingerprint density at radius 1 is 0.974 bits per heavy atom. The molecule has 0 aliphatic rings. The lowest BCUT2D eigenvalue weighted by Gasteiger charge is -2.17. The third-order valence-corrected chi connectivity index (χ3v) is 6.26. The highest BCUT2D eigenvalue weighted by atomic mass is 19.1. The van der Waals surface area contributed by atoms with E-state index >= 15 is 4.39 Å². The van der Waals surface area contributed by atoms with Gasteiger partial charge in [-0.3, -0.25) is 24.8 Å². The van der Waals surface area contributed by atoms with Crippen molar-refractivity contribution in [3.63, 3.8) is 0 Å². The van der Waals surface area contributed by atoms with E-state index in [0.717, 1.165) is 22.2 Å². The lowest BCUT2D eigenvalue weighted by atomic mass is 9.92. The summed E-state index contributed by atoms with van der Waals surface area (Å²) in [7, 11) is 0. The molecule has 0 bridgehead atoms. The topological polar surface area (TPSA) is 125 Å². The van der Waals surface area contributed by atoms with Gasteiger partial charge in [0.05, 0.1) is 40.0 Å². The molecule has 0 aliphatic carbocycles. The van der Waals surface area contributed by atoms with Crippen LogP contribution in [-0.2, 0) is 4.79 Å². The number of anilines is 1. The Morgan fingerprint density at radius 2 is 1.79 bits per heavy atom. The number of aromatic nitrogens is 7. The third-order valence-electron chi connectivity index (χ3n) is 6.26. The maximum atomic E-state index is 16.1. The average molecular weight is 521 g/mol. The van der Waals surface area contributed by atoms with Crippen LogP contribution < -0.4 is 5.32 Å². The zero-order valence-electron chi connectivity index (χ0n) is 21.6. The SMILES string of the molecule is CC(C)(C)CC(=O)Nc1cncc(-c2ncc3[nH]nc(-c4nc5c(-c6ccncc6)cccc5[nH]4)c3c2F)c1. The van der Waals surface area contributed by atoms with Crippen LogP contribution in [0.1, 0.15) is 27.2 Å². The molecule has 9 nitrogen and oxygen atoms in total. The van der Waals surface area contributed by atoms with Crippen molar-refractivity contribution < 1.29 is 9.18 Å². The molecule has 39 heavy (non-hydrogen) atoms. The summed E-state index contributed by atoms with van der Waals surface area (Å²) in [5.41, 5.74) is 5.04. The van der Waals surface area contributed by atoms with E-state index in [4.69, 9.17) is 4.98 Å². The Balaban J connectivity index is 1.40. The van der Waals surface area contributed by atoms with E-state index in [-0.39, 0.29) is 22.4 Å². The van der Waals surface area contributed by atoms with Gasteiger partial charge in [0.15, 0.2) is 11.6 Å². The molecule has 3 N–H and O–H groups in total. The number of nitrogens with zero attached hydrogens (tertiary/aromatic N) is 5. The van der Waals surface area contributed by atoms with Crippen LogP contribution in [0.5, 0.6) is 0 Å². The maximum absolute atomic E-state index is 16.1. The van der Waals surface area contributed by atoms with Crippen molar-refractivity contribution in [2.75, 3.05) is 5.32 Å². The monoisotopic (exact) mass is 520 g/mol. The van der Waals surface area contributed by atoms with Gasteiger partial charge in [0.1, 0.15) is 11.4 Å². The van der Waals surface area contributed by atoms with Gasteiger partial charge < -0.3 is 10.3 Å². The average Bonchev–Trinajstić information content (AvgIpc) is 3.53. The first-order chi connectivity index (χ1) is 18.8. The first kappa shape index (κ1) is 24.4. The van der Waals surface area contributed by atoms with Crippen LogP contribution in [0.2, 0.25) is 0 Å². The number of aromatic amines is 2. The second-order valence-corrected chi connectivity index (χ2v) is 10.6. The van der Waals surface area contributed by atoms with Crippen molar-refractivity contribution in [3.8, 4) is 33.9 Å². The zero-order chi connectivity index (χ0) is 27.1. The van der Waals surface area contributed by atoms with Crippen LogP contribution in [-0.4, -0.2) is 41.0 Å². The van der Waals surface area contributed by atoms with Gasteiger partial charge in [-0.05, 0) is 35.2 Å². The molecule has 1 amide bonds. The minimum Gasteiger partial charge on any atom is -0.337 e. The smallest absolute Gasteiger partial charge is 0.224 e. The Labute approximate surface area is 223 Å². The molecule has 6 aromatic rings. The highest BCUT2D eigenvalue weighted by Gasteiger charge is 2.22. The van der Waals surface area contributed by atoms with Crippen LogP contribution in [0, 0.1) is 11.2 Å². The van der Waals surface area contributed by atoms with Gasteiger partial charge in [-0.15, -0.1) is 0 Å². The number of nitrogens with one attached hydrogen (secondary N) is 3. The quantitative estimate of drug-likeness (QED) is 0.251. The van der Waals surface area contributed by atoms with Crippen molar-refractivity contribution in [2.24, 2.45) is 5.41 Å². The van der Waals surface area contributed by atoms with E-state index in [1.165, 1.54) is 18.6 Å². The number of pyridine rings is 3. The molecule has 0 atom stereocenters. The molecule has 194 valence electrons. The standard InChI is InChI=1S/C29H25FN8O/c1-29(2,3)12-22(39)34-18-11-17(13-32-14-18)25-24(30)23-21(15-33-25)37-38-27(23)28-35-20-6-4-5-19(26(20)36-28)16-7-9-31-10-8-16/h4-11,13-15H,12H2,1-3H3,(H,34,39)(H,35,36)(H,37,38). The summed E-state index contributed by atoms with van der Waals surface area (Å²) in [5, 5.41) is 10.3. The maximum Gasteiger partial charge on any atom is 0.224 e. The van der Waals surface area contributed by atoms with Gasteiger partial charge in [-0.2, -0.15) is 5.10 Å². The fraction of sp³-hybridized carbons (Fsp3) is 0.172. The number of imidazole rings is 1. The molecule has 1 aromatic carbocycles. The summed E-state index contributed by atoms with van der Waals surface area (Å²) in [5.74, 6) is -0.278. The number of benzene rings is 1. The van der Waals surface area contributed by atoms with Crippen LogP contribution in [0.4, 0.5) is 10.1 Å². The van der Waals surface area contributed by atoms with Crippen molar-refractivity contribution in [2.45, 2.75) is 27.2 Å². The molecule has 0 radical (unpaired) electrons. The molecule has 0 saturated heterocycles. The van der Waals surface area contributed by atoms with E-state index in [2.05, 4.69) is 35.5 Å². The van der Waals surface area contributed by atoms with Crippen LogP contribution >= 0.6 is 0 Å². The Morgan fingerprint density at radius 3 is 2.59 bits per heavy atom. The van der Waals surface area contributed by atoms with Gasteiger partial charge in [-0.1, -0.05) is 32.9 Å². The first-order valence-corrected chi connectivity index (χ1v) is 12.4. The lowest BCUT2D eigenvalue weighted by Crippen LogP contribution is -2.19. The van der Waals surface area contributed by atoms with E-state index < -0.39 is 5.82 Å². The number of para-hydroxylation sites is 1. The Hall–Kier alpha value is -4.99. The Bertz CT molecular complexity index is 1840. The van der Waals surface area contributed by atoms with Crippen LogP contribution in [0.15, 0.2) is 67.4 Å². The van der Waals surface area contributed by atoms with Gasteiger partial charge in [0.25, 0.3) is 0 Å². The fourth-order valence-electron chi connectivity index (χ4n) is 4.58. The van der Waals surface area contributed by atoms with E-state index in [0.29, 0.717) is 34.7 Å². The highest BCUT2D eigenvalue weighted by molar-refractivity contribution is 5.98. The van der Waals surface area contributed by atoms with Crippen molar-refractivity contribution >= 4 is 33.5 Å². The van der Waals surface area contributed by atoms with Crippen molar-refractivity contribution in [1.29, 1.82) is 0 Å². The minimum atomic E-state index is -0.564. The number of amides is 1. The first-order valence-electron chi connectivity index (χ1n) is 12.4. The van der Waals surface area contributed by atoms with E-state index in [1.807, 2.05) is 51.1 Å². The predicted molar refractivity (Wildman–Crippen MR) is 148 cm³/mol. The number of carbonyl (C=O) groups excluding carboxylic acids is 1. The molecule has 5 heterocycles. The summed E-state index contributed by atoms with van der Waals surface area (Å²) >= 11 is 0. The summed E-state index contributed by atoms with van der Waals surface area (Å²) in [6.45, 7) is 5.96. The third kappa shape index (κ3) is 4.72. The lowest BCUT2D eigenvalue weighted by molar-refractivity contribution is -0.117. The summed E-state index contributed by atoms with van der Waals surface area (Å²) in [6, 6.07) is 11.3. The number of hydrogen-bond donors (Lipinski definition) is 3. The molecule has 5 aromatic heterocycles. The van der Waals surface area contributed by atoms with Gasteiger partial charge in [0.2, 0.25) is 5.91 Å². The van der Waals surface area contributed by atoms with Crippen molar-refractivity contribution in [1.82, 2.24) is 35.1 Å². The van der Waals surface area contributed by atoms with Crippen LogP contribution in [0.3, 0.4) is 0 Å². The minimum absolute atomic E-state index is 0.0955. The van der Waals surface area contributed by atoms with E-state index in [9.17, 15) is 4.79 Å². The Kier molecular flexibility index (Phi) is 5.86. The van der Waals surface area contributed by atoms with Crippen molar-refractivity contribution in [3.05, 3.63) is 73.2 Å². The van der Waals surface area contributed by atoms with Crippen LogP contribution in [0.25, 0.3) is 55.8 Å². The normalized spacial score (nSPS) is 11.8. The largest absolute Gasteiger partial charge is 0.337 e. The summed E-state index contributed by atoms with van der Waals surface area (Å²) in [4.78, 5) is 33.1. The predicted octanol–water partition coefficient (Wildman–Crippen LogP) is 6.14. The zero-order valence-corrected chi connectivity index (χ0v) is 21.6. The van der Waals surface area contributed by atoms with Gasteiger partial charge in [-0.25, -0.2) is 9.37 Å². The molecule has 0 spiro atoms. The second kappa shape index (κ2) is 9.39. The molecule has 0 aliphatic heterocycles. The molecular weight excluding hydrogens is 495 g/mol. The number of halogens is 1. The highest BCUT2D eigenvalue weighted by Crippen LogP contribution is 2.34. The number of carbonyl (C=O) groups is 1. The molecule has 0 unspecified atom stereocenters. The number of H-pyrrole nitrogens is 2. The fourth-order valence-corrected chi connectivity index (χ4v) is 4.58. The van der Waals surface area contributed by atoms with Gasteiger partial charge in [0, 0.05) is 36.1 Å². The molecule has 0 saturated carbocycles. The summed E-state index contributed by atoms with van der Waals surface area (Å²) in [6.07, 6.45) is 8.37. The second-order valence-electron chi connectivity index (χ2n) is 10.6. The van der Waals surface area contributed by atoms with Gasteiger partial charge >= 0.3 is 0 Å². The number of fused-ring (bicyclic) bond motifs is 2. The molecule has 0 fully saturated rings. The number of rotatable bonds is 5. The van der Waals surface area contributed by atoms with E-state index in [1.54, 1.807) is 18.5 Å². The summed E-state index contributed by atoms with van der Waals surface area (Å²) < 4.78 is 16.1. The number of hydrogen-bond acceptors (Lipinski definition) is 6. The molecule has 10 heteroatoms. The molecule has 6 rings (SSSR count).